The van der Waals surface area contributed by atoms with Crippen LogP contribution in [0.4, 0.5) is 5.69 Å². The molecule has 3 heterocycles. The minimum atomic E-state index is 0.258. The molecule has 112 valence electrons. The number of hydrazone groups is 1. The number of pyridine rings is 1. The topological polar surface area (TPSA) is 68.1 Å². The van der Waals surface area contributed by atoms with Gasteiger partial charge in [0.05, 0.1) is 24.7 Å². The molecule has 0 fully saturated rings. The summed E-state index contributed by atoms with van der Waals surface area (Å²) < 4.78 is 0. The molecule has 3 aromatic rings. The molecule has 1 aliphatic rings. The van der Waals surface area contributed by atoms with Crippen molar-refractivity contribution in [1.82, 2.24) is 9.97 Å². The van der Waals surface area contributed by atoms with E-state index in [0.717, 1.165) is 28.8 Å². The van der Waals surface area contributed by atoms with Crippen LogP contribution in [0, 0.1) is 11.3 Å². The summed E-state index contributed by atoms with van der Waals surface area (Å²) in [6, 6.07) is 14.4. The first-order chi connectivity index (χ1) is 11.3. The number of nitrogens with zero attached hydrogens (tertiary/aromatic N) is 4. The number of nitrogens with one attached hydrogen (secondary N) is 1. The fourth-order valence-corrected chi connectivity index (χ4v) is 2.94. The van der Waals surface area contributed by atoms with Gasteiger partial charge in [-0.3, -0.25) is 5.01 Å². The first kappa shape index (κ1) is 13.5. The van der Waals surface area contributed by atoms with Crippen LogP contribution in [0.15, 0.2) is 53.9 Å². The van der Waals surface area contributed by atoms with Crippen LogP contribution in [-0.4, -0.2) is 22.7 Å². The molecule has 23 heavy (non-hydrogen) atoms. The second-order valence-corrected chi connectivity index (χ2v) is 5.60. The number of fused-ring (bicyclic) bond motifs is 1. The molecule has 1 atom stereocenters. The van der Waals surface area contributed by atoms with E-state index in [2.05, 4.69) is 33.3 Å². The van der Waals surface area contributed by atoms with Crippen LogP contribution < -0.4 is 5.01 Å². The summed E-state index contributed by atoms with van der Waals surface area (Å²) in [7, 11) is 0. The Morgan fingerprint density at radius 2 is 2.09 bits per heavy atom. The molecular formula is C18H15N5. The van der Waals surface area contributed by atoms with Gasteiger partial charge in [0.1, 0.15) is 5.65 Å². The Morgan fingerprint density at radius 1 is 1.22 bits per heavy atom. The first-order valence-corrected chi connectivity index (χ1v) is 7.54. The maximum Gasteiger partial charge on any atom is 0.139 e. The maximum atomic E-state index is 8.74. The lowest BCUT2D eigenvalue weighted by Gasteiger charge is -2.17. The van der Waals surface area contributed by atoms with E-state index >= 15 is 0 Å². The van der Waals surface area contributed by atoms with Crippen molar-refractivity contribution < 1.29 is 0 Å². The molecule has 1 aliphatic heterocycles. The quantitative estimate of drug-likeness (QED) is 0.807. The number of H-pyrrole nitrogens is 1. The largest absolute Gasteiger partial charge is 0.346 e. The monoisotopic (exact) mass is 301 g/mol. The zero-order valence-corrected chi connectivity index (χ0v) is 12.5. The highest BCUT2D eigenvalue weighted by Crippen LogP contribution is 2.30. The Bertz CT molecular complexity index is 901. The number of nitriles is 1. The van der Waals surface area contributed by atoms with Gasteiger partial charge in [-0.05, 0) is 23.3 Å². The zero-order chi connectivity index (χ0) is 15.6. The number of hydrogen-bond acceptors (Lipinski definition) is 4. The number of benzene rings is 1. The van der Waals surface area contributed by atoms with E-state index in [1.54, 1.807) is 6.20 Å². The van der Waals surface area contributed by atoms with Gasteiger partial charge in [0.2, 0.25) is 0 Å². The summed E-state index contributed by atoms with van der Waals surface area (Å²) in [5.41, 5.74) is 4.21. The van der Waals surface area contributed by atoms with Crippen LogP contribution in [0.3, 0.4) is 0 Å². The highest BCUT2D eigenvalue weighted by molar-refractivity contribution is 5.91. The van der Waals surface area contributed by atoms with Crippen LogP contribution in [0.2, 0.25) is 0 Å². The van der Waals surface area contributed by atoms with E-state index in [9.17, 15) is 0 Å². The summed E-state index contributed by atoms with van der Waals surface area (Å²) in [6.07, 6.45) is 6.13. The SMILES string of the molecule is N#CCc1ccc(C2C=NN(c3ccnc4[nH]ccc34)C2)cc1. The van der Waals surface area contributed by atoms with Crippen LogP contribution in [0.1, 0.15) is 17.0 Å². The lowest BCUT2D eigenvalue weighted by atomic mass is 9.99. The Labute approximate surface area is 133 Å². The van der Waals surface area contributed by atoms with Gasteiger partial charge in [0.15, 0.2) is 0 Å². The van der Waals surface area contributed by atoms with Gasteiger partial charge >= 0.3 is 0 Å². The fourth-order valence-electron chi connectivity index (χ4n) is 2.94. The average molecular weight is 301 g/mol. The minimum Gasteiger partial charge on any atom is -0.346 e. The predicted molar refractivity (Wildman–Crippen MR) is 90.4 cm³/mol. The molecule has 1 N–H and O–H groups in total. The van der Waals surface area contributed by atoms with Crippen molar-refractivity contribution in [2.24, 2.45) is 5.10 Å². The normalized spacial score (nSPS) is 16.8. The van der Waals surface area contributed by atoms with Crippen LogP contribution in [0.5, 0.6) is 0 Å². The smallest absolute Gasteiger partial charge is 0.139 e. The Balaban J connectivity index is 1.57. The molecule has 2 aromatic heterocycles. The first-order valence-electron chi connectivity index (χ1n) is 7.54. The maximum absolute atomic E-state index is 8.74. The van der Waals surface area contributed by atoms with Gasteiger partial charge in [-0.2, -0.15) is 10.4 Å². The van der Waals surface area contributed by atoms with Gasteiger partial charge in [-0.15, -0.1) is 0 Å². The van der Waals surface area contributed by atoms with E-state index in [4.69, 9.17) is 5.26 Å². The minimum absolute atomic E-state index is 0.258. The number of rotatable bonds is 3. The molecule has 0 spiro atoms. The van der Waals surface area contributed by atoms with Gasteiger partial charge in [-0.25, -0.2) is 4.98 Å². The van der Waals surface area contributed by atoms with E-state index in [1.807, 2.05) is 41.7 Å². The lowest BCUT2D eigenvalue weighted by molar-refractivity contribution is 0.855. The molecule has 0 aliphatic carbocycles. The van der Waals surface area contributed by atoms with Crippen LogP contribution >= 0.6 is 0 Å². The zero-order valence-electron chi connectivity index (χ0n) is 12.5. The summed E-state index contributed by atoms with van der Waals surface area (Å²) >= 11 is 0. The molecule has 0 radical (unpaired) electrons. The molecule has 0 amide bonds. The number of aromatic amines is 1. The second kappa shape index (κ2) is 5.58. The summed E-state index contributed by atoms with van der Waals surface area (Å²) in [6.45, 7) is 0.807. The van der Waals surface area contributed by atoms with Crippen molar-refractivity contribution in [3.05, 3.63) is 59.9 Å². The van der Waals surface area contributed by atoms with Crippen LogP contribution in [0.25, 0.3) is 11.0 Å². The van der Waals surface area contributed by atoms with E-state index in [1.165, 1.54) is 5.56 Å². The highest BCUT2D eigenvalue weighted by Gasteiger charge is 2.22. The fraction of sp³-hybridized carbons (Fsp3) is 0.167. The van der Waals surface area contributed by atoms with Gasteiger partial charge < -0.3 is 4.98 Å². The van der Waals surface area contributed by atoms with Crippen molar-refractivity contribution in [3.8, 4) is 6.07 Å². The summed E-state index contributed by atoms with van der Waals surface area (Å²) in [5.74, 6) is 0.258. The molecule has 0 saturated heterocycles. The summed E-state index contributed by atoms with van der Waals surface area (Å²) in [5, 5.41) is 16.4. The van der Waals surface area contributed by atoms with E-state index in [-0.39, 0.29) is 5.92 Å². The number of anilines is 1. The molecule has 1 unspecified atom stereocenters. The lowest BCUT2D eigenvalue weighted by Crippen LogP contribution is -2.16. The standard InChI is InChI=1S/C18H15N5/c19-8-5-13-1-3-14(4-2-13)15-11-22-23(12-15)17-7-10-21-18-16(17)6-9-20-18/h1-4,6-7,9-11,15H,5,12H2,(H,20,21). The van der Waals surface area contributed by atoms with Crippen LogP contribution in [-0.2, 0) is 6.42 Å². The Hall–Kier alpha value is -3.13. The highest BCUT2D eigenvalue weighted by atomic mass is 15.5. The summed E-state index contributed by atoms with van der Waals surface area (Å²) in [4.78, 5) is 7.45. The van der Waals surface area contributed by atoms with Crippen molar-refractivity contribution in [3.63, 3.8) is 0 Å². The third-order valence-electron chi connectivity index (χ3n) is 4.16. The third-order valence-corrected chi connectivity index (χ3v) is 4.16. The predicted octanol–water partition coefficient (Wildman–Crippen LogP) is 3.22. The van der Waals surface area contributed by atoms with Gasteiger partial charge in [0.25, 0.3) is 0 Å². The molecule has 1 aromatic carbocycles. The molecule has 0 saturated carbocycles. The number of hydrogen-bond donors (Lipinski definition) is 1. The molecule has 5 nitrogen and oxygen atoms in total. The molecule has 5 heteroatoms. The average Bonchev–Trinajstić information content (AvgIpc) is 3.25. The van der Waals surface area contributed by atoms with E-state index in [0.29, 0.717) is 6.42 Å². The van der Waals surface area contributed by atoms with Gasteiger partial charge in [0, 0.05) is 29.9 Å². The number of aromatic nitrogens is 2. The Morgan fingerprint density at radius 3 is 2.91 bits per heavy atom. The van der Waals surface area contributed by atoms with Crippen molar-refractivity contribution >= 4 is 22.9 Å². The van der Waals surface area contributed by atoms with Gasteiger partial charge in [-0.1, -0.05) is 24.3 Å². The Kier molecular flexibility index (Phi) is 3.28. The van der Waals surface area contributed by atoms with E-state index < -0.39 is 0 Å². The molecule has 0 bridgehead atoms. The van der Waals surface area contributed by atoms with Crippen molar-refractivity contribution in [1.29, 1.82) is 5.26 Å². The van der Waals surface area contributed by atoms with Crippen molar-refractivity contribution in [2.75, 3.05) is 11.6 Å². The van der Waals surface area contributed by atoms with Crippen molar-refractivity contribution in [2.45, 2.75) is 12.3 Å². The second-order valence-electron chi connectivity index (χ2n) is 5.60. The molecular weight excluding hydrogens is 286 g/mol. The third kappa shape index (κ3) is 2.44. The molecule has 4 rings (SSSR count).